The largest absolute Gasteiger partial charge is 0.321 e. The fourth-order valence-electron chi connectivity index (χ4n) is 1.44. The Morgan fingerprint density at radius 2 is 2.22 bits per heavy atom. The van der Waals surface area contributed by atoms with E-state index in [0.29, 0.717) is 16.3 Å². The highest BCUT2D eigenvalue weighted by atomic mass is 35.5. The molecule has 0 fully saturated rings. The maximum Gasteiger partial charge on any atom is 0.257 e. The summed E-state index contributed by atoms with van der Waals surface area (Å²) >= 11 is 7.59. The van der Waals surface area contributed by atoms with E-state index in [1.165, 1.54) is 0 Å². The zero-order chi connectivity index (χ0) is 13.0. The molecule has 0 spiro atoms. The molecule has 0 bridgehead atoms. The van der Waals surface area contributed by atoms with E-state index >= 15 is 0 Å². The van der Waals surface area contributed by atoms with Crippen LogP contribution in [0.1, 0.15) is 10.4 Å². The average Bonchev–Trinajstić information content (AvgIpc) is 2.40. The van der Waals surface area contributed by atoms with Gasteiger partial charge in [0.25, 0.3) is 5.91 Å². The van der Waals surface area contributed by atoms with Crippen LogP contribution in [0.3, 0.4) is 0 Å². The van der Waals surface area contributed by atoms with Crippen molar-refractivity contribution in [2.75, 3.05) is 11.6 Å². The van der Waals surface area contributed by atoms with Gasteiger partial charge in [-0.1, -0.05) is 11.6 Å². The minimum absolute atomic E-state index is 0.232. The van der Waals surface area contributed by atoms with Gasteiger partial charge < -0.3 is 5.32 Å². The van der Waals surface area contributed by atoms with E-state index in [2.05, 4.69) is 10.3 Å². The number of nitrogens with zero attached hydrogens (tertiary/aromatic N) is 1. The van der Waals surface area contributed by atoms with Gasteiger partial charge in [0.1, 0.15) is 0 Å². The van der Waals surface area contributed by atoms with Crippen molar-refractivity contribution in [2.45, 2.75) is 4.90 Å². The summed E-state index contributed by atoms with van der Waals surface area (Å²) in [6.07, 6.45) is 5.19. The third-order valence-electron chi connectivity index (χ3n) is 2.34. The van der Waals surface area contributed by atoms with Crippen LogP contribution in [0, 0.1) is 0 Å². The van der Waals surface area contributed by atoms with Gasteiger partial charge in [-0.25, -0.2) is 0 Å². The van der Waals surface area contributed by atoms with Gasteiger partial charge in [0.05, 0.1) is 22.5 Å². The second kappa shape index (κ2) is 5.89. The van der Waals surface area contributed by atoms with Crippen molar-refractivity contribution in [2.24, 2.45) is 0 Å². The molecule has 2 rings (SSSR count). The molecule has 3 nitrogen and oxygen atoms in total. The van der Waals surface area contributed by atoms with Gasteiger partial charge in [-0.15, -0.1) is 11.8 Å². The van der Waals surface area contributed by atoms with Gasteiger partial charge in [-0.05, 0) is 36.6 Å². The molecule has 0 aliphatic rings. The molecule has 2 aromatic rings. The van der Waals surface area contributed by atoms with Gasteiger partial charge >= 0.3 is 0 Å². The minimum Gasteiger partial charge on any atom is -0.321 e. The van der Waals surface area contributed by atoms with Crippen LogP contribution in [0.15, 0.2) is 47.6 Å². The van der Waals surface area contributed by atoms with Gasteiger partial charge in [0.15, 0.2) is 0 Å². The van der Waals surface area contributed by atoms with Gasteiger partial charge in [-0.3, -0.25) is 9.78 Å². The Kier molecular flexibility index (Phi) is 4.23. The predicted molar refractivity (Wildman–Crippen MR) is 75.4 cm³/mol. The first-order chi connectivity index (χ1) is 8.70. The van der Waals surface area contributed by atoms with Crippen molar-refractivity contribution >= 4 is 35.0 Å². The number of nitrogens with one attached hydrogen (secondary N) is 1. The Labute approximate surface area is 115 Å². The summed E-state index contributed by atoms with van der Waals surface area (Å²) in [6.45, 7) is 0. The highest BCUT2D eigenvalue weighted by Gasteiger charge is 2.11. The third-order valence-corrected chi connectivity index (χ3v) is 3.39. The lowest BCUT2D eigenvalue weighted by Crippen LogP contribution is -2.12. The van der Waals surface area contributed by atoms with Crippen LogP contribution >= 0.6 is 23.4 Å². The van der Waals surface area contributed by atoms with E-state index in [1.54, 1.807) is 48.4 Å². The number of anilines is 1. The van der Waals surface area contributed by atoms with Gasteiger partial charge in [0.2, 0.25) is 0 Å². The number of halogens is 1. The lowest BCUT2D eigenvalue weighted by Gasteiger charge is -2.07. The lowest BCUT2D eigenvalue weighted by atomic mass is 10.2. The molecule has 92 valence electrons. The Balaban J connectivity index is 2.23. The topological polar surface area (TPSA) is 42.0 Å². The fraction of sp³-hybridized carbons (Fsp3) is 0.0769. The van der Waals surface area contributed by atoms with Crippen LogP contribution < -0.4 is 5.32 Å². The smallest absolute Gasteiger partial charge is 0.257 e. The van der Waals surface area contributed by atoms with Crippen LogP contribution in [-0.2, 0) is 0 Å². The summed E-state index contributed by atoms with van der Waals surface area (Å²) in [5, 5.41) is 3.19. The van der Waals surface area contributed by atoms with Crippen molar-refractivity contribution in [1.82, 2.24) is 4.98 Å². The monoisotopic (exact) mass is 278 g/mol. The maximum absolute atomic E-state index is 12.1. The van der Waals surface area contributed by atoms with Crippen molar-refractivity contribution in [3.05, 3.63) is 53.3 Å². The van der Waals surface area contributed by atoms with Crippen LogP contribution in [0.2, 0.25) is 5.02 Å². The summed E-state index contributed by atoms with van der Waals surface area (Å²) in [5.41, 5.74) is 1.11. The zero-order valence-corrected chi connectivity index (χ0v) is 11.3. The Bertz CT molecular complexity index is 560. The van der Waals surface area contributed by atoms with E-state index in [1.807, 2.05) is 12.3 Å². The second-order valence-electron chi connectivity index (χ2n) is 3.54. The highest BCUT2D eigenvalue weighted by molar-refractivity contribution is 7.98. The summed E-state index contributed by atoms with van der Waals surface area (Å²) in [5.74, 6) is -0.232. The molecule has 1 aromatic carbocycles. The number of carbonyl (C=O) groups is 1. The maximum atomic E-state index is 12.1. The Morgan fingerprint density at radius 1 is 1.39 bits per heavy atom. The second-order valence-corrected chi connectivity index (χ2v) is 4.83. The first-order valence-corrected chi connectivity index (χ1v) is 6.86. The summed E-state index contributed by atoms with van der Waals surface area (Å²) < 4.78 is 0. The van der Waals surface area contributed by atoms with Crippen molar-refractivity contribution in [1.29, 1.82) is 0 Å². The number of pyridine rings is 1. The van der Waals surface area contributed by atoms with E-state index in [-0.39, 0.29) is 5.91 Å². The van der Waals surface area contributed by atoms with E-state index in [0.717, 1.165) is 4.90 Å². The standard InChI is InChI=1S/C13H11ClN2OS/c1-18-10-4-5-12(14)11(7-10)13(17)16-9-3-2-6-15-8-9/h2-8H,1H3,(H,16,17). The van der Waals surface area contributed by atoms with E-state index in [9.17, 15) is 4.79 Å². The molecule has 0 radical (unpaired) electrons. The molecular formula is C13H11ClN2OS. The number of thioether (sulfide) groups is 1. The Morgan fingerprint density at radius 3 is 2.89 bits per heavy atom. The van der Waals surface area contributed by atoms with Crippen molar-refractivity contribution in [3.8, 4) is 0 Å². The molecule has 1 aromatic heterocycles. The van der Waals surface area contributed by atoms with Gasteiger partial charge in [0, 0.05) is 11.1 Å². The molecule has 0 aliphatic carbocycles. The first-order valence-electron chi connectivity index (χ1n) is 5.25. The van der Waals surface area contributed by atoms with E-state index < -0.39 is 0 Å². The van der Waals surface area contributed by atoms with Crippen LogP contribution in [-0.4, -0.2) is 17.1 Å². The molecule has 1 N–H and O–H groups in total. The average molecular weight is 279 g/mol. The summed E-state index contributed by atoms with van der Waals surface area (Å²) in [7, 11) is 0. The number of aromatic nitrogens is 1. The van der Waals surface area contributed by atoms with Crippen molar-refractivity contribution in [3.63, 3.8) is 0 Å². The molecule has 0 saturated carbocycles. The van der Waals surface area contributed by atoms with Crippen LogP contribution in [0.4, 0.5) is 5.69 Å². The first kappa shape index (κ1) is 12.9. The quantitative estimate of drug-likeness (QED) is 0.870. The Hall–Kier alpha value is -1.52. The molecule has 5 heteroatoms. The van der Waals surface area contributed by atoms with E-state index in [4.69, 9.17) is 11.6 Å². The number of benzene rings is 1. The third kappa shape index (κ3) is 3.03. The zero-order valence-electron chi connectivity index (χ0n) is 9.68. The summed E-state index contributed by atoms with van der Waals surface area (Å²) in [6, 6.07) is 8.92. The predicted octanol–water partition coefficient (Wildman–Crippen LogP) is 3.71. The summed E-state index contributed by atoms with van der Waals surface area (Å²) in [4.78, 5) is 17.0. The van der Waals surface area contributed by atoms with Gasteiger partial charge in [-0.2, -0.15) is 0 Å². The molecule has 0 saturated heterocycles. The van der Waals surface area contributed by atoms with Crippen LogP contribution in [0.5, 0.6) is 0 Å². The number of hydrogen-bond acceptors (Lipinski definition) is 3. The SMILES string of the molecule is CSc1ccc(Cl)c(C(=O)Nc2cccnc2)c1. The number of rotatable bonds is 3. The molecule has 0 aliphatic heterocycles. The molecular weight excluding hydrogens is 268 g/mol. The molecule has 18 heavy (non-hydrogen) atoms. The normalized spacial score (nSPS) is 10.1. The molecule has 1 amide bonds. The molecule has 0 unspecified atom stereocenters. The molecule has 1 heterocycles. The van der Waals surface area contributed by atoms with Crippen molar-refractivity contribution < 1.29 is 4.79 Å². The number of carbonyl (C=O) groups excluding carboxylic acids is 1. The highest BCUT2D eigenvalue weighted by Crippen LogP contribution is 2.23. The number of hydrogen-bond donors (Lipinski definition) is 1. The fourth-order valence-corrected chi connectivity index (χ4v) is 2.08. The van der Waals surface area contributed by atoms with Crippen LogP contribution in [0.25, 0.3) is 0 Å². The lowest BCUT2D eigenvalue weighted by molar-refractivity contribution is 0.102. The molecule has 0 atom stereocenters. The number of amides is 1. The minimum atomic E-state index is -0.232.